The van der Waals surface area contributed by atoms with E-state index in [1.165, 1.54) is 18.5 Å². The Morgan fingerprint density at radius 2 is 1.62 bits per heavy atom. The van der Waals surface area contributed by atoms with Crippen molar-refractivity contribution in [3.8, 4) is 0 Å². The molecule has 0 aromatic heterocycles. The predicted molar refractivity (Wildman–Crippen MR) is 92.2 cm³/mol. The minimum atomic E-state index is 0.535. The van der Waals surface area contributed by atoms with Gasteiger partial charge in [-0.15, -0.1) is 0 Å². The molecule has 0 saturated carbocycles. The second kappa shape index (κ2) is 8.02. The molecule has 1 aromatic carbocycles. The summed E-state index contributed by atoms with van der Waals surface area (Å²) in [7, 11) is 0. The molecule has 21 heavy (non-hydrogen) atoms. The van der Waals surface area contributed by atoms with Crippen LogP contribution in [0.3, 0.4) is 0 Å². The maximum Gasteiger partial charge on any atom is 0.0407 e. The molecule has 0 radical (unpaired) electrons. The highest BCUT2D eigenvalue weighted by atomic mass is 35.5. The van der Waals surface area contributed by atoms with E-state index in [-0.39, 0.29) is 0 Å². The molecule has 1 unspecified atom stereocenters. The normalized spacial score (nSPS) is 18.2. The Labute approximate surface area is 134 Å². The lowest BCUT2D eigenvalue weighted by atomic mass is 9.92. The average molecular weight is 310 g/mol. The molecule has 1 saturated heterocycles. The fraction of sp³-hybridized carbons (Fsp3) is 0.647. The first-order chi connectivity index (χ1) is 10.2. The van der Waals surface area contributed by atoms with Gasteiger partial charge < -0.3 is 10.6 Å². The largest absolute Gasteiger partial charge is 0.369 e. The van der Waals surface area contributed by atoms with E-state index in [4.69, 9.17) is 17.3 Å². The van der Waals surface area contributed by atoms with Gasteiger partial charge in [0.05, 0.1) is 0 Å². The molecule has 1 aliphatic rings. The third-order valence-electron chi connectivity index (χ3n) is 4.81. The summed E-state index contributed by atoms with van der Waals surface area (Å²) in [4.78, 5) is 5.03. The van der Waals surface area contributed by atoms with Crippen LogP contribution in [0.15, 0.2) is 24.3 Å². The fourth-order valence-electron chi connectivity index (χ4n) is 3.44. The number of anilines is 1. The van der Waals surface area contributed by atoms with Crippen LogP contribution in [0.4, 0.5) is 5.69 Å². The minimum Gasteiger partial charge on any atom is -0.369 e. The van der Waals surface area contributed by atoms with Gasteiger partial charge in [-0.05, 0) is 30.2 Å². The Morgan fingerprint density at radius 3 is 2.10 bits per heavy atom. The number of rotatable bonds is 6. The first-order valence-corrected chi connectivity index (χ1v) is 8.52. The van der Waals surface area contributed by atoms with E-state index in [1.54, 1.807) is 0 Å². The molecule has 0 aliphatic carbocycles. The second-order valence-corrected chi connectivity index (χ2v) is 6.32. The highest BCUT2D eigenvalue weighted by Gasteiger charge is 2.27. The smallest absolute Gasteiger partial charge is 0.0407 e. The molecule has 1 aromatic rings. The lowest BCUT2D eigenvalue weighted by Gasteiger charge is -2.42. The number of piperazine rings is 1. The molecule has 2 rings (SSSR count). The van der Waals surface area contributed by atoms with E-state index in [1.807, 2.05) is 12.1 Å². The zero-order valence-corrected chi connectivity index (χ0v) is 14.0. The monoisotopic (exact) mass is 309 g/mol. The quantitative estimate of drug-likeness (QED) is 0.875. The first-order valence-electron chi connectivity index (χ1n) is 8.14. The van der Waals surface area contributed by atoms with Gasteiger partial charge in [0.2, 0.25) is 0 Å². The molecule has 1 aliphatic heterocycles. The van der Waals surface area contributed by atoms with Gasteiger partial charge in [-0.25, -0.2) is 0 Å². The summed E-state index contributed by atoms with van der Waals surface area (Å²) in [6.07, 6.45) is 2.44. The molecule has 3 nitrogen and oxygen atoms in total. The number of benzene rings is 1. The Kier molecular flexibility index (Phi) is 6.34. The van der Waals surface area contributed by atoms with Gasteiger partial charge in [0.25, 0.3) is 0 Å². The van der Waals surface area contributed by atoms with Crippen LogP contribution in [0.25, 0.3) is 0 Å². The van der Waals surface area contributed by atoms with Crippen molar-refractivity contribution in [1.29, 1.82) is 0 Å². The van der Waals surface area contributed by atoms with Crippen LogP contribution in [0, 0.1) is 5.92 Å². The van der Waals surface area contributed by atoms with Crippen molar-refractivity contribution in [1.82, 2.24) is 4.90 Å². The molecule has 1 atom stereocenters. The van der Waals surface area contributed by atoms with Crippen molar-refractivity contribution >= 4 is 17.3 Å². The number of halogens is 1. The van der Waals surface area contributed by atoms with Crippen LogP contribution in [-0.2, 0) is 0 Å². The summed E-state index contributed by atoms with van der Waals surface area (Å²) in [6.45, 7) is 9.66. The van der Waals surface area contributed by atoms with Gasteiger partial charge >= 0.3 is 0 Å². The molecule has 118 valence electrons. The van der Waals surface area contributed by atoms with Gasteiger partial charge in [-0.1, -0.05) is 38.3 Å². The van der Waals surface area contributed by atoms with Crippen LogP contribution < -0.4 is 10.6 Å². The van der Waals surface area contributed by atoms with Crippen molar-refractivity contribution in [2.75, 3.05) is 37.6 Å². The molecule has 0 spiro atoms. The predicted octanol–water partition coefficient (Wildman–Crippen LogP) is 3.23. The van der Waals surface area contributed by atoms with Crippen molar-refractivity contribution in [2.24, 2.45) is 11.7 Å². The molecule has 4 heteroatoms. The van der Waals surface area contributed by atoms with Crippen molar-refractivity contribution in [3.05, 3.63) is 29.3 Å². The van der Waals surface area contributed by atoms with E-state index in [2.05, 4.69) is 35.8 Å². The van der Waals surface area contributed by atoms with Gasteiger partial charge in [0.15, 0.2) is 0 Å². The van der Waals surface area contributed by atoms with Gasteiger partial charge in [-0.3, -0.25) is 4.90 Å². The number of nitrogens with two attached hydrogens (primary N) is 1. The molecular formula is C17H28ClN3. The molecule has 0 bridgehead atoms. The van der Waals surface area contributed by atoms with Crippen molar-refractivity contribution in [2.45, 2.75) is 32.7 Å². The summed E-state index contributed by atoms with van der Waals surface area (Å²) in [5.74, 6) is 0.720. The molecule has 2 N–H and O–H groups in total. The summed E-state index contributed by atoms with van der Waals surface area (Å²) in [5, 5.41) is 0.800. The summed E-state index contributed by atoms with van der Waals surface area (Å²) in [6, 6.07) is 8.69. The summed E-state index contributed by atoms with van der Waals surface area (Å²) >= 11 is 5.96. The average Bonchev–Trinajstić information content (AvgIpc) is 2.53. The Hall–Kier alpha value is -0.770. The highest BCUT2D eigenvalue weighted by Crippen LogP contribution is 2.23. The van der Waals surface area contributed by atoms with Crippen molar-refractivity contribution in [3.63, 3.8) is 0 Å². The van der Waals surface area contributed by atoms with E-state index < -0.39 is 0 Å². The van der Waals surface area contributed by atoms with Crippen LogP contribution in [0.2, 0.25) is 5.02 Å². The molecule has 1 fully saturated rings. The number of hydrogen-bond donors (Lipinski definition) is 1. The van der Waals surface area contributed by atoms with E-state index in [0.29, 0.717) is 6.04 Å². The van der Waals surface area contributed by atoms with Gasteiger partial charge in [0, 0.05) is 49.5 Å². The van der Waals surface area contributed by atoms with E-state index >= 15 is 0 Å². The zero-order valence-electron chi connectivity index (χ0n) is 13.3. The van der Waals surface area contributed by atoms with Gasteiger partial charge in [0.1, 0.15) is 0 Å². The Balaban J connectivity index is 1.94. The molecular weight excluding hydrogens is 282 g/mol. The maximum atomic E-state index is 6.05. The van der Waals surface area contributed by atoms with E-state index in [9.17, 15) is 0 Å². The van der Waals surface area contributed by atoms with Crippen LogP contribution in [-0.4, -0.2) is 43.7 Å². The number of hydrogen-bond acceptors (Lipinski definition) is 3. The lowest BCUT2D eigenvalue weighted by Crippen LogP contribution is -2.54. The van der Waals surface area contributed by atoms with Crippen LogP contribution in [0.1, 0.15) is 26.7 Å². The third-order valence-corrected chi connectivity index (χ3v) is 5.06. The fourth-order valence-corrected chi connectivity index (χ4v) is 3.56. The van der Waals surface area contributed by atoms with Gasteiger partial charge in [-0.2, -0.15) is 0 Å². The Bertz CT molecular complexity index is 409. The topological polar surface area (TPSA) is 32.5 Å². The van der Waals surface area contributed by atoms with Crippen molar-refractivity contribution < 1.29 is 0 Å². The summed E-state index contributed by atoms with van der Waals surface area (Å²) < 4.78 is 0. The second-order valence-electron chi connectivity index (χ2n) is 5.88. The third kappa shape index (κ3) is 4.12. The lowest BCUT2D eigenvalue weighted by molar-refractivity contribution is 0.132. The van der Waals surface area contributed by atoms with Crippen LogP contribution in [0.5, 0.6) is 0 Å². The van der Waals surface area contributed by atoms with E-state index in [0.717, 1.165) is 43.7 Å². The standard InChI is InChI=1S/C17H28ClN3/c1-3-14(4-2)17(13-19)21-11-9-20(10-12-21)16-7-5-15(18)6-8-16/h5-8,14,17H,3-4,9-13,19H2,1-2H3. The number of nitrogens with zero attached hydrogens (tertiary/aromatic N) is 2. The summed E-state index contributed by atoms with van der Waals surface area (Å²) in [5.41, 5.74) is 7.32. The van der Waals surface area contributed by atoms with Crippen LogP contribution >= 0.6 is 11.6 Å². The molecule has 0 amide bonds. The SMILES string of the molecule is CCC(CC)C(CN)N1CCN(c2ccc(Cl)cc2)CC1. The highest BCUT2D eigenvalue weighted by molar-refractivity contribution is 6.30. The minimum absolute atomic E-state index is 0.535. The molecule has 1 heterocycles. The zero-order chi connectivity index (χ0) is 15.2. The maximum absolute atomic E-state index is 6.05. The Morgan fingerprint density at radius 1 is 1.05 bits per heavy atom. The first kappa shape index (κ1) is 16.6.